The van der Waals surface area contributed by atoms with Crippen molar-refractivity contribution in [1.82, 2.24) is 4.98 Å². The van der Waals surface area contributed by atoms with Crippen LogP contribution in [0.3, 0.4) is 0 Å². The van der Waals surface area contributed by atoms with Gasteiger partial charge in [0.25, 0.3) is 0 Å². The Balaban J connectivity index is 1.62. The molecule has 7 nitrogen and oxygen atoms in total. The lowest BCUT2D eigenvalue weighted by Gasteiger charge is -2.27. The number of benzene rings is 2. The maximum Gasteiger partial charge on any atom is 0.336 e. The van der Waals surface area contributed by atoms with Crippen LogP contribution >= 0.6 is 0 Å². The van der Waals surface area contributed by atoms with E-state index in [-0.39, 0.29) is 24.7 Å². The average molecular weight is 447 g/mol. The first kappa shape index (κ1) is 21.4. The zero-order valence-corrected chi connectivity index (χ0v) is 18.5. The highest BCUT2D eigenvalue weighted by atomic mass is 16.5. The topological polar surface area (TPSA) is 102 Å². The maximum atomic E-state index is 12.3. The molecule has 5 rings (SSSR count). The number of aliphatic hydroxyl groups is 1. The van der Waals surface area contributed by atoms with E-state index in [1.54, 1.807) is 12.1 Å². The smallest absolute Gasteiger partial charge is 0.336 e. The molecule has 2 aromatic heterocycles. The molecule has 3 heterocycles. The van der Waals surface area contributed by atoms with Crippen LogP contribution in [0.15, 0.2) is 46.9 Å². The molecular formula is C26H25NO6. The summed E-state index contributed by atoms with van der Waals surface area (Å²) in [4.78, 5) is 17.1. The van der Waals surface area contributed by atoms with Gasteiger partial charge in [0.05, 0.1) is 35.8 Å². The Kier molecular flexibility index (Phi) is 5.52. The number of aryl methyl sites for hydroxylation is 2. The molecule has 4 aromatic rings. The van der Waals surface area contributed by atoms with Gasteiger partial charge in [-0.1, -0.05) is 24.3 Å². The second kappa shape index (κ2) is 8.50. The van der Waals surface area contributed by atoms with Crippen molar-refractivity contribution in [3.05, 3.63) is 59.2 Å². The Morgan fingerprint density at radius 3 is 2.79 bits per heavy atom. The summed E-state index contributed by atoms with van der Waals surface area (Å²) < 4.78 is 17.4. The van der Waals surface area contributed by atoms with E-state index in [0.29, 0.717) is 41.1 Å². The first-order valence-corrected chi connectivity index (χ1v) is 11.0. The highest BCUT2D eigenvalue weighted by Crippen LogP contribution is 2.37. The van der Waals surface area contributed by atoms with Crippen molar-refractivity contribution < 1.29 is 28.9 Å². The minimum atomic E-state index is -1.07. The quantitative estimate of drug-likeness (QED) is 0.456. The molecule has 0 spiro atoms. The van der Waals surface area contributed by atoms with Gasteiger partial charge in [-0.15, -0.1) is 0 Å². The van der Waals surface area contributed by atoms with Gasteiger partial charge in [0, 0.05) is 23.5 Å². The average Bonchev–Trinajstić information content (AvgIpc) is 3.15. The van der Waals surface area contributed by atoms with Crippen molar-refractivity contribution in [3.63, 3.8) is 0 Å². The van der Waals surface area contributed by atoms with E-state index in [0.717, 1.165) is 22.1 Å². The molecule has 1 saturated heterocycles. The number of hydrogen-bond acceptors (Lipinski definition) is 6. The molecule has 0 aliphatic carbocycles. The van der Waals surface area contributed by atoms with Crippen molar-refractivity contribution in [2.24, 2.45) is 5.92 Å². The molecule has 0 saturated carbocycles. The van der Waals surface area contributed by atoms with Crippen molar-refractivity contribution in [2.75, 3.05) is 19.8 Å². The molecule has 0 bridgehead atoms. The van der Waals surface area contributed by atoms with Crippen LogP contribution in [0.1, 0.15) is 27.9 Å². The lowest BCUT2D eigenvalue weighted by Crippen LogP contribution is -2.35. The monoisotopic (exact) mass is 447 g/mol. The number of hydrogen-bond donors (Lipinski definition) is 2. The minimum absolute atomic E-state index is 0.0752. The van der Waals surface area contributed by atoms with Crippen LogP contribution in [-0.4, -0.2) is 47.1 Å². The lowest BCUT2D eigenvalue weighted by molar-refractivity contribution is -0.0553. The van der Waals surface area contributed by atoms with Crippen LogP contribution < -0.4 is 4.74 Å². The van der Waals surface area contributed by atoms with Gasteiger partial charge in [-0.2, -0.15) is 0 Å². The molecule has 2 N–H and O–H groups in total. The van der Waals surface area contributed by atoms with E-state index >= 15 is 0 Å². The van der Waals surface area contributed by atoms with Gasteiger partial charge in [0.2, 0.25) is 0 Å². The summed E-state index contributed by atoms with van der Waals surface area (Å²) in [5.41, 5.74) is 3.59. The Bertz CT molecular complexity index is 1360. The highest BCUT2D eigenvalue weighted by molar-refractivity contribution is 6.07. The summed E-state index contributed by atoms with van der Waals surface area (Å²) >= 11 is 0. The van der Waals surface area contributed by atoms with Gasteiger partial charge < -0.3 is 24.1 Å². The third kappa shape index (κ3) is 3.83. The first-order chi connectivity index (χ1) is 15.9. The summed E-state index contributed by atoms with van der Waals surface area (Å²) in [6.45, 7) is 4.96. The number of aromatic carboxylic acids is 1. The Hall–Kier alpha value is -3.42. The summed E-state index contributed by atoms with van der Waals surface area (Å²) in [6.07, 6.45) is 0.0833. The molecule has 0 unspecified atom stereocenters. The zero-order chi connectivity index (χ0) is 23.1. The molecule has 1 aliphatic rings. The molecule has 7 heteroatoms. The van der Waals surface area contributed by atoms with Gasteiger partial charge in [-0.25, -0.2) is 9.78 Å². The van der Waals surface area contributed by atoms with Crippen molar-refractivity contribution in [1.29, 1.82) is 0 Å². The maximum absolute atomic E-state index is 12.3. The number of aromatic nitrogens is 1. The number of para-hydroxylation sites is 1. The third-order valence-corrected chi connectivity index (χ3v) is 6.35. The number of carboxylic acid groups (broad SMARTS) is 1. The molecular weight excluding hydrogens is 422 g/mol. The van der Waals surface area contributed by atoms with E-state index in [1.165, 1.54) is 0 Å². The van der Waals surface area contributed by atoms with Crippen LogP contribution in [0.25, 0.3) is 33.3 Å². The first-order valence-electron chi connectivity index (χ1n) is 11.0. The van der Waals surface area contributed by atoms with E-state index in [1.807, 2.05) is 44.2 Å². The number of carbonyl (C=O) groups is 1. The predicted molar refractivity (Wildman–Crippen MR) is 124 cm³/mol. The fraction of sp³-hybridized carbons (Fsp3) is 0.308. The number of aliphatic hydroxyl groups excluding tert-OH is 1. The Morgan fingerprint density at radius 1 is 1.21 bits per heavy atom. The molecule has 1 aliphatic heterocycles. The van der Waals surface area contributed by atoms with Gasteiger partial charge in [0.15, 0.2) is 5.76 Å². The Morgan fingerprint density at radius 2 is 2.03 bits per heavy atom. The van der Waals surface area contributed by atoms with E-state index < -0.39 is 12.1 Å². The fourth-order valence-corrected chi connectivity index (χ4v) is 4.43. The number of ether oxygens (including phenoxy) is 2. The molecule has 2 atom stereocenters. The van der Waals surface area contributed by atoms with Gasteiger partial charge in [-0.05, 0) is 44.0 Å². The van der Waals surface area contributed by atoms with Crippen LogP contribution in [-0.2, 0) is 4.74 Å². The molecule has 2 aromatic carbocycles. The van der Waals surface area contributed by atoms with Crippen LogP contribution in [0.2, 0.25) is 0 Å². The number of furan rings is 1. The highest BCUT2D eigenvalue weighted by Gasteiger charge is 2.26. The second-order valence-corrected chi connectivity index (χ2v) is 8.52. The molecule has 170 valence electrons. The number of nitrogens with zero attached hydrogens (tertiary/aromatic N) is 1. The summed E-state index contributed by atoms with van der Waals surface area (Å²) in [5.74, 6) is -0.156. The van der Waals surface area contributed by atoms with E-state index in [2.05, 4.69) is 0 Å². The number of pyridine rings is 1. The minimum Gasteiger partial charge on any atom is -0.492 e. The molecule has 1 fully saturated rings. The number of carboxylic acids is 1. The SMILES string of the molecule is Cc1c(-c2cc(C(=O)O)c3c(OC[C@@H]4CCOC[C@H]4O)ccc(C)c3n2)oc2ccccc12. The van der Waals surface area contributed by atoms with Gasteiger partial charge in [-0.3, -0.25) is 0 Å². The Labute approximate surface area is 190 Å². The van der Waals surface area contributed by atoms with Crippen molar-refractivity contribution in [3.8, 4) is 17.2 Å². The number of fused-ring (bicyclic) bond motifs is 2. The molecule has 33 heavy (non-hydrogen) atoms. The second-order valence-electron chi connectivity index (χ2n) is 8.52. The van der Waals surface area contributed by atoms with E-state index in [9.17, 15) is 15.0 Å². The van der Waals surface area contributed by atoms with Crippen molar-refractivity contribution >= 4 is 27.8 Å². The summed E-state index contributed by atoms with van der Waals surface area (Å²) in [7, 11) is 0. The van der Waals surface area contributed by atoms with Crippen LogP contribution in [0.4, 0.5) is 0 Å². The summed E-state index contributed by atoms with van der Waals surface area (Å²) in [5, 5.41) is 21.7. The van der Waals surface area contributed by atoms with Gasteiger partial charge >= 0.3 is 5.97 Å². The number of rotatable bonds is 5. The third-order valence-electron chi connectivity index (χ3n) is 6.35. The standard InChI is InChI=1S/C26H25NO6/c1-14-7-8-22(32-12-16-9-10-31-13-20(16)28)23-18(26(29)30)11-19(27-24(14)23)25-15(2)17-5-3-4-6-21(17)33-25/h3-8,11,16,20,28H,9-10,12-13H2,1-2H3,(H,29,30)/t16-,20+/m0/s1. The van der Waals surface area contributed by atoms with Crippen LogP contribution in [0.5, 0.6) is 5.75 Å². The lowest BCUT2D eigenvalue weighted by atomic mass is 9.98. The largest absolute Gasteiger partial charge is 0.492 e. The fourth-order valence-electron chi connectivity index (χ4n) is 4.43. The van der Waals surface area contributed by atoms with Crippen LogP contribution in [0, 0.1) is 19.8 Å². The predicted octanol–water partition coefficient (Wildman–Crippen LogP) is 4.74. The summed E-state index contributed by atoms with van der Waals surface area (Å²) in [6, 6.07) is 12.9. The molecule has 0 amide bonds. The zero-order valence-electron chi connectivity index (χ0n) is 18.5. The van der Waals surface area contributed by atoms with E-state index in [4.69, 9.17) is 18.9 Å². The van der Waals surface area contributed by atoms with Crippen molar-refractivity contribution in [2.45, 2.75) is 26.4 Å². The van der Waals surface area contributed by atoms with Gasteiger partial charge in [0.1, 0.15) is 17.0 Å². The normalized spacial score (nSPS) is 18.6. The molecule has 0 radical (unpaired) electrons.